The SMILES string of the molecule is COc1ccc(/C=C/C(=O)O[C@@H](C)C(=O)Nc2cccc(C(C)=O)c2)c(OC)c1. The summed E-state index contributed by atoms with van der Waals surface area (Å²) in [5.74, 6) is -0.137. The summed E-state index contributed by atoms with van der Waals surface area (Å²) in [4.78, 5) is 35.7. The molecule has 0 bridgehead atoms. The van der Waals surface area contributed by atoms with Crippen LogP contribution >= 0.6 is 0 Å². The number of amides is 1. The fourth-order valence-electron chi connectivity index (χ4n) is 2.44. The van der Waals surface area contributed by atoms with E-state index in [9.17, 15) is 14.4 Å². The van der Waals surface area contributed by atoms with Gasteiger partial charge in [0.1, 0.15) is 11.5 Å². The first-order chi connectivity index (χ1) is 13.8. The second kappa shape index (κ2) is 10.1. The van der Waals surface area contributed by atoms with Crippen LogP contribution in [0.5, 0.6) is 11.5 Å². The second-order valence-electron chi connectivity index (χ2n) is 6.15. The van der Waals surface area contributed by atoms with Crippen LogP contribution in [0.2, 0.25) is 0 Å². The van der Waals surface area contributed by atoms with E-state index in [0.717, 1.165) is 0 Å². The number of carbonyl (C=O) groups excluding carboxylic acids is 3. The maximum atomic E-state index is 12.2. The molecule has 7 nitrogen and oxygen atoms in total. The molecule has 1 N–H and O–H groups in total. The Morgan fingerprint density at radius 2 is 1.79 bits per heavy atom. The number of methoxy groups -OCH3 is 2. The summed E-state index contributed by atoms with van der Waals surface area (Å²) in [5.41, 5.74) is 1.58. The van der Waals surface area contributed by atoms with Crippen LogP contribution in [0.1, 0.15) is 29.8 Å². The molecule has 0 spiro atoms. The highest BCUT2D eigenvalue weighted by Crippen LogP contribution is 2.25. The zero-order chi connectivity index (χ0) is 21.4. The Labute approximate surface area is 169 Å². The van der Waals surface area contributed by atoms with Crippen molar-refractivity contribution < 1.29 is 28.6 Å². The third-order valence-electron chi connectivity index (χ3n) is 4.04. The minimum atomic E-state index is -1.02. The summed E-state index contributed by atoms with van der Waals surface area (Å²) in [6.07, 6.45) is 1.72. The highest BCUT2D eigenvalue weighted by Gasteiger charge is 2.17. The first-order valence-electron chi connectivity index (χ1n) is 8.86. The first-order valence-corrected chi connectivity index (χ1v) is 8.86. The molecule has 2 rings (SSSR count). The summed E-state index contributed by atoms with van der Waals surface area (Å²) < 4.78 is 15.5. The number of Topliss-reactive ketones (excluding diaryl/α,β-unsaturated/α-hetero) is 1. The average molecular weight is 397 g/mol. The number of nitrogens with one attached hydrogen (secondary N) is 1. The van der Waals surface area contributed by atoms with Crippen LogP contribution in [0.15, 0.2) is 48.5 Å². The normalized spacial score (nSPS) is 11.6. The van der Waals surface area contributed by atoms with E-state index in [-0.39, 0.29) is 5.78 Å². The van der Waals surface area contributed by atoms with Crippen LogP contribution in [-0.4, -0.2) is 38.0 Å². The van der Waals surface area contributed by atoms with Crippen molar-refractivity contribution in [3.05, 3.63) is 59.7 Å². The monoisotopic (exact) mass is 397 g/mol. The van der Waals surface area contributed by atoms with Crippen molar-refractivity contribution in [1.29, 1.82) is 0 Å². The Hall–Kier alpha value is -3.61. The highest BCUT2D eigenvalue weighted by molar-refractivity contribution is 5.99. The maximum Gasteiger partial charge on any atom is 0.331 e. The van der Waals surface area contributed by atoms with Crippen molar-refractivity contribution in [1.82, 2.24) is 0 Å². The van der Waals surface area contributed by atoms with Gasteiger partial charge >= 0.3 is 5.97 Å². The molecule has 0 radical (unpaired) electrons. The molecule has 2 aromatic rings. The van der Waals surface area contributed by atoms with Crippen LogP contribution in [0, 0.1) is 0 Å². The Morgan fingerprint density at radius 1 is 1.03 bits per heavy atom. The molecule has 2 aromatic carbocycles. The molecule has 0 saturated heterocycles. The molecule has 0 aliphatic heterocycles. The second-order valence-corrected chi connectivity index (χ2v) is 6.15. The predicted octanol–water partition coefficient (Wildman–Crippen LogP) is 3.49. The first kappa shape index (κ1) is 21.7. The van der Waals surface area contributed by atoms with E-state index >= 15 is 0 Å². The predicted molar refractivity (Wildman–Crippen MR) is 109 cm³/mol. The molecule has 152 valence electrons. The van der Waals surface area contributed by atoms with Gasteiger partial charge in [0.15, 0.2) is 11.9 Å². The molecule has 0 aliphatic rings. The lowest BCUT2D eigenvalue weighted by atomic mass is 10.1. The molecule has 0 fully saturated rings. The summed E-state index contributed by atoms with van der Waals surface area (Å²) in [5, 5.41) is 2.62. The number of esters is 1. The van der Waals surface area contributed by atoms with Crippen LogP contribution in [0.4, 0.5) is 5.69 Å². The van der Waals surface area contributed by atoms with Gasteiger partial charge in [-0.25, -0.2) is 4.79 Å². The topological polar surface area (TPSA) is 90.9 Å². The quantitative estimate of drug-likeness (QED) is 0.417. The molecule has 0 saturated carbocycles. The number of ether oxygens (including phenoxy) is 3. The Kier molecular flexibility index (Phi) is 7.54. The molecule has 0 heterocycles. The maximum absolute atomic E-state index is 12.2. The number of hydrogen-bond donors (Lipinski definition) is 1. The third kappa shape index (κ3) is 6.21. The van der Waals surface area contributed by atoms with Crippen LogP contribution in [0.3, 0.4) is 0 Å². The van der Waals surface area contributed by atoms with Crippen molar-refractivity contribution in [2.24, 2.45) is 0 Å². The van der Waals surface area contributed by atoms with Gasteiger partial charge in [-0.15, -0.1) is 0 Å². The zero-order valence-corrected chi connectivity index (χ0v) is 16.7. The van der Waals surface area contributed by atoms with Crippen molar-refractivity contribution in [3.63, 3.8) is 0 Å². The van der Waals surface area contributed by atoms with E-state index in [1.54, 1.807) is 49.6 Å². The smallest absolute Gasteiger partial charge is 0.331 e. The van der Waals surface area contributed by atoms with E-state index < -0.39 is 18.0 Å². The summed E-state index contributed by atoms with van der Waals surface area (Å²) >= 11 is 0. The van der Waals surface area contributed by atoms with Crippen molar-refractivity contribution in [3.8, 4) is 11.5 Å². The average Bonchev–Trinajstić information content (AvgIpc) is 2.72. The summed E-state index contributed by atoms with van der Waals surface area (Å²) in [6.45, 7) is 2.90. The molecule has 1 amide bonds. The lowest BCUT2D eigenvalue weighted by molar-refractivity contribution is -0.148. The Balaban J connectivity index is 1.98. The molecule has 0 unspecified atom stereocenters. The molecule has 0 aliphatic carbocycles. The van der Waals surface area contributed by atoms with Gasteiger partial charge in [-0.2, -0.15) is 0 Å². The number of hydrogen-bond acceptors (Lipinski definition) is 6. The van der Waals surface area contributed by atoms with Gasteiger partial charge in [-0.05, 0) is 44.2 Å². The van der Waals surface area contributed by atoms with E-state index in [4.69, 9.17) is 14.2 Å². The van der Waals surface area contributed by atoms with Crippen LogP contribution < -0.4 is 14.8 Å². The standard InChI is InChI=1S/C22H23NO6/c1-14(24)17-6-5-7-18(12-17)23-22(26)15(2)29-21(25)11-9-16-8-10-19(27-3)13-20(16)28-4/h5-13,15H,1-4H3,(H,23,26)/b11-9+/t15-/m0/s1. The molecule has 29 heavy (non-hydrogen) atoms. The van der Waals surface area contributed by atoms with Crippen LogP contribution in [0.25, 0.3) is 6.08 Å². The van der Waals surface area contributed by atoms with Gasteiger partial charge in [-0.1, -0.05) is 12.1 Å². The Morgan fingerprint density at radius 3 is 2.45 bits per heavy atom. The van der Waals surface area contributed by atoms with Crippen molar-refractivity contribution in [2.75, 3.05) is 19.5 Å². The molecular formula is C22H23NO6. The van der Waals surface area contributed by atoms with Gasteiger partial charge in [0.2, 0.25) is 0 Å². The number of anilines is 1. The van der Waals surface area contributed by atoms with E-state index in [0.29, 0.717) is 28.3 Å². The molecule has 0 aromatic heterocycles. The zero-order valence-electron chi connectivity index (χ0n) is 16.7. The highest BCUT2D eigenvalue weighted by atomic mass is 16.5. The Bertz CT molecular complexity index is 935. The minimum Gasteiger partial charge on any atom is -0.497 e. The van der Waals surface area contributed by atoms with E-state index in [1.807, 2.05) is 0 Å². The largest absolute Gasteiger partial charge is 0.497 e. The fourth-order valence-corrected chi connectivity index (χ4v) is 2.44. The summed E-state index contributed by atoms with van der Waals surface area (Å²) in [7, 11) is 3.06. The van der Waals surface area contributed by atoms with Gasteiger partial charge < -0.3 is 19.5 Å². The van der Waals surface area contributed by atoms with E-state index in [2.05, 4.69) is 5.32 Å². The van der Waals surface area contributed by atoms with Crippen LogP contribution in [-0.2, 0) is 14.3 Å². The van der Waals surface area contributed by atoms with Crippen molar-refractivity contribution >= 4 is 29.4 Å². The lowest BCUT2D eigenvalue weighted by Crippen LogP contribution is -2.29. The van der Waals surface area contributed by atoms with E-state index in [1.165, 1.54) is 33.1 Å². The number of rotatable bonds is 8. The third-order valence-corrected chi connectivity index (χ3v) is 4.04. The van der Waals surface area contributed by atoms with Gasteiger partial charge in [0, 0.05) is 29.0 Å². The molecule has 1 atom stereocenters. The van der Waals surface area contributed by atoms with Gasteiger partial charge in [0.25, 0.3) is 5.91 Å². The lowest BCUT2D eigenvalue weighted by Gasteiger charge is -2.13. The van der Waals surface area contributed by atoms with Crippen molar-refractivity contribution in [2.45, 2.75) is 20.0 Å². The fraction of sp³-hybridized carbons (Fsp3) is 0.227. The number of benzene rings is 2. The van der Waals surface area contributed by atoms with Gasteiger partial charge in [0.05, 0.1) is 14.2 Å². The summed E-state index contributed by atoms with van der Waals surface area (Å²) in [6, 6.07) is 11.7. The molecule has 7 heteroatoms. The molecular weight excluding hydrogens is 374 g/mol. The minimum absolute atomic E-state index is 0.111. The van der Waals surface area contributed by atoms with Gasteiger partial charge in [-0.3, -0.25) is 9.59 Å². The number of ketones is 1. The number of carbonyl (C=O) groups is 3.